The third kappa shape index (κ3) is 8.74. The molecule has 15 nitrogen and oxygen atoms in total. The summed E-state index contributed by atoms with van der Waals surface area (Å²) in [5, 5.41) is 12.5. The molecule has 0 saturated carbocycles. The number of hydrogen-bond donors (Lipinski definition) is 1. The van der Waals surface area contributed by atoms with Crippen molar-refractivity contribution in [3.63, 3.8) is 0 Å². The zero-order chi connectivity index (χ0) is 47.4. The van der Waals surface area contributed by atoms with E-state index in [2.05, 4.69) is 63.9 Å². The van der Waals surface area contributed by atoms with E-state index >= 15 is 0 Å². The Morgan fingerprint density at radius 1 is 0.868 bits per heavy atom. The van der Waals surface area contributed by atoms with E-state index in [0.29, 0.717) is 63.9 Å². The number of fused-ring (bicyclic) bond motifs is 2. The first kappa shape index (κ1) is 46.2. The summed E-state index contributed by atoms with van der Waals surface area (Å²) in [5.74, 6) is 1.79. The number of imide groups is 2. The Kier molecular flexibility index (Phi) is 12.7. The SMILES string of the molecule is CC1CC(OCc2ccnc(N3C[C@@H]4CN(C5CCN(C6CN(c7ccc8c(c7)C(=O)N(C7CCC(=O)NC7=O)C8=O)C6)CC5)C[C@@H]4C3)n2)=CC=C1C(C)(C)c1cc(Cl)c(OCCCl)c(C#N)c1. The van der Waals surface area contributed by atoms with Gasteiger partial charge in [-0.2, -0.15) is 5.26 Å². The summed E-state index contributed by atoms with van der Waals surface area (Å²) in [6.07, 6.45) is 9.32. The van der Waals surface area contributed by atoms with Gasteiger partial charge in [0.25, 0.3) is 11.8 Å². The molecule has 17 heteroatoms. The molecule has 4 amide bonds. The van der Waals surface area contributed by atoms with Crippen LogP contribution >= 0.6 is 23.2 Å². The number of aromatic nitrogens is 2. The zero-order valence-electron chi connectivity index (χ0n) is 38.8. The average molecular weight is 963 g/mol. The number of rotatable bonds is 13. The molecule has 2 unspecified atom stereocenters. The molecule has 0 spiro atoms. The van der Waals surface area contributed by atoms with Crippen LogP contribution in [0.1, 0.15) is 90.4 Å². The number of carbonyl (C=O) groups is 4. The molecule has 0 bridgehead atoms. The topological polar surface area (TPSA) is 165 Å². The third-order valence-corrected chi connectivity index (χ3v) is 15.9. The number of nitrogens with zero attached hydrogens (tertiary/aromatic N) is 8. The molecule has 68 heavy (non-hydrogen) atoms. The summed E-state index contributed by atoms with van der Waals surface area (Å²) < 4.78 is 12.0. The number of allylic oxidation sites excluding steroid dienone is 4. The van der Waals surface area contributed by atoms with Crippen molar-refractivity contribution in [3.05, 3.63) is 99.0 Å². The number of anilines is 2. The van der Waals surface area contributed by atoms with Gasteiger partial charge in [-0.1, -0.05) is 44.0 Å². The van der Waals surface area contributed by atoms with Gasteiger partial charge in [-0.3, -0.25) is 39.2 Å². The molecule has 1 aromatic heterocycles. The van der Waals surface area contributed by atoms with Gasteiger partial charge in [-0.05, 0) is 85.1 Å². The van der Waals surface area contributed by atoms with Gasteiger partial charge in [0, 0.05) is 94.6 Å². The number of carbonyl (C=O) groups excluding carboxylic acids is 4. The molecule has 7 aliphatic rings. The van der Waals surface area contributed by atoms with Crippen LogP contribution in [0.5, 0.6) is 5.75 Å². The molecular weight excluding hydrogens is 906 g/mol. The Labute approximate surface area is 407 Å². The molecule has 4 atom stereocenters. The van der Waals surface area contributed by atoms with Crippen LogP contribution < -0.4 is 19.9 Å². The molecule has 1 aliphatic carbocycles. The Balaban J connectivity index is 0.675. The number of ether oxygens (including phenoxy) is 2. The van der Waals surface area contributed by atoms with Crippen molar-refractivity contribution >= 4 is 58.5 Å². The molecule has 0 radical (unpaired) electrons. The lowest BCUT2D eigenvalue weighted by atomic mass is 9.70. The number of alkyl halides is 1. The van der Waals surface area contributed by atoms with E-state index in [-0.39, 0.29) is 36.7 Å². The van der Waals surface area contributed by atoms with E-state index < -0.39 is 23.8 Å². The maximum Gasteiger partial charge on any atom is 0.262 e. The van der Waals surface area contributed by atoms with Crippen LogP contribution in [0, 0.1) is 29.1 Å². The largest absolute Gasteiger partial charge is 0.492 e. The van der Waals surface area contributed by atoms with E-state index in [1.54, 1.807) is 12.1 Å². The number of benzene rings is 2. The molecule has 7 heterocycles. The number of nitriles is 1. The zero-order valence-corrected chi connectivity index (χ0v) is 40.3. The second kappa shape index (κ2) is 18.8. The van der Waals surface area contributed by atoms with Gasteiger partial charge in [0.15, 0.2) is 5.75 Å². The van der Waals surface area contributed by atoms with Crippen LogP contribution in [0.3, 0.4) is 0 Å². The molecule has 3 aromatic rings. The van der Waals surface area contributed by atoms with Gasteiger partial charge in [0.1, 0.15) is 25.3 Å². The average Bonchev–Trinajstić information content (AvgIpc) is 3.98. The normalized spacial score (nSPS) is 24.9. The Bertz CT molecular complexity index is 2620. The predicted molar refractivity (Wildman–Crippen MR) is 257 cm³/mol. The number of halogens is 2. The molecule has 5 fully saturated rings. The van der Waals surface area contributed by atoms with E-state index in [1.807, 2.05) is 30.5 Å². The summed E-state index contributed by atoms with van der Waals surface area (Å²) in [5.41, 5.74) is 4.57. The van der Waals surface area contributed by atoms with Crippen LogP contribution in [0.15, 0.2) is 66.1 Å². The number of nitrogens with one attached hydrogen (secondary N) is 1. The molecule has 6 aliphatic heterocycles. The Morgan fingerprint density at radius 3 is 2.32 bits per heavy atom. The van der Waals surface area contributed by atoms with Crippen molar-refractivity contribution in [2.45, 2.75) is 83.0 Å². The molecule has 1 N–H and O–H groups in total. The molecule has 10 rings (SSSR count). The number of amides is 4. The second-order valence-corrected chi connectivity index (χ2v) is 20.8. The lowest BCUT2D eigenvalue weighted by molar-refractivity contribution is -0.136. The van der Waals surface area contributed by atoms with Crippen molar-refractivity contribution in [1.82, 2.24) is 30.0 Å². The van der Waals surface area contributed by atoms with Crippen LogP contribution in [0.4, 0.5) is 11.6 Å². The van der Waals surface area contributed by atoms with Crippen molar-refractivity contribution in [2.75, 3.05) is 74.6 Å². The standard InChI is InChI=1S/C51H57Cl2N9O6/c1-30-18-39(5-7-42(30)51(2,3)34-19-31(22-54)46(43(53)20-34)67-17-13-52)68-29-35-10-14-55-50(56-35)61-25-32-23-59(24-33(32)26-61)36-11-15-58(16-12-36)38-27-60(28-38)37-4-6-40-41(21-37)49(66)62(48(40)65)44-8-9-45(63)57-47(44)64/h4-7,10,14,19-21,30,32-33,36,38,44H,8-9,11-13,15-18,23-29H2,1-3H3,(H,57,63,64)/t30?,32-,33+,44?. The summed E-state index contributed by atoms with van der Waals surface area (Å²) in [4.78, 5) is 71.3. The summed E-state index contributed by atoms with van der Waals surface area (Å²) >= 11 is 12.4. The summed E-state index contributed by atoms with van der Waals surface area (Å²) in [6, 6.07) is 13.4. The van der Waals surface area contributed by atoms with Crippen molar-refractivity contribution in [1.29, 1.82) is 5.26 Å². The van der Waals surface area contributed by atoms with E-state index in [0.717, 1.165) is 105 Å². The second-order valence-electron chi connectivity index (χ2n) is 20.0. The Morgan fingerprint density at radius 2 is 1.62 bits per heavy atom. The monoisotopic (exact) mass is 961 g/mol. The molecular formula is C51H57Cl2N9O6. The third-order valence-electron chi connectivity index (χ3n) is 15.5. The number of likely N-dealkylation sites (tertiary alicyclic amines) is 2. The highest BCUT2D eigenvalue weighted by molar-refractivity contribution is 6.32. The lowest BCUT2D eigenvalue weighted by Gasteiger charge is -2.49. The Hall–Kier alpha value is -5.53. The minimum absolute atomic E-state index is 0.0976. The first-order chi connectivity index (χ1) is 32.8. The number of piperidine rings is 2. The maximum absolute atomic E-state index is 13.4. The van der Waals surface area contributed by atoms with Gasteiger partial charge >= 0.3 is 0 Å². The molecule has 5 saturated heterocycles. The highest BCUT2D eigenvalue weighted by atomic mass is 35.5. The summed E-state index contributed by atoms with van der Waals surface area (Å²) in [6.45, 7) is 15.1. The van der Waals surface area contributed by atoms with Crippen LogP contribution in [0.2, 0.25) is 5.02 Å². The first-order valence-corrected chi connectivity index (χ1v) is 24.8. The predicted octanol–water partition coefficient (Wildman–Crippen LogP) is 6.09. The first-order valence-electron chi connectivity index (χ1n) is 23.9. The van der Waals surface area contributed by atoms with E-state index in [9.17, 15) is 24.4 Å². The van der Waals surface area contributed by atoms with Crippen molar-refractivity contribution < 1.29 is 28.7 Å². The van der Waals surface area contributed by atoms with Crippen molar-refractivity contribution in [2.24, 2.45) is 17.8 Å². The van der Waals surface area contributed by atoms with Crippen LogP contribution in [-0.2, 0) is 26.3 Å². The van der Waals surface area contributed by atoms with Crippen LogP contribution in [-0.4, -0.2) is 131 Å². The minimum Gasteiger partial charge on any atom is -0.492 e. The number of hydrogen-bond acceptors (Lipinski definition) is 13. The van der Waals surface area contributed by atoms with E-state index in [1.165, 1.54) is 5.57 Å². The van der Waals surface area contributed by atoms with Crippen LogP contribution in [0.25, 0.3) is 0 Å². The molecule has 356 valence electrons. The quantitative estimate of drug-likeness (QED) is 0.155. The smallest absolute Gasteiger partial charge is 0.262 e. The minimum atomic E-state index is -0.966. The summed E-state index contributed by atoms with van der Waals surface area (Å²) in [7, 11) is 0. The molecule has 2 aromatic carbocycles. The highest BCUT2D eigenvalue weighted by Gasteiger charge is 2.47. The highest BCUT2D eigenvalue weighted by Crippen LogP contribution is 2.44. The lowest BCUT2D eigenvalue weighted by Crippen LogP contribution is -2.62. The van der Waals surface area contributed by atoms with Crippen molar-refractivity contribution in [3.8, 4) is 11.8 Å². The van der Waals surface area contributed by atoms with Gasteiger partial charge in [0.05, 0.1) is 39.0 Å². The van der Waals surface area contributed by atoms with Gasteiger partial charge in [0.2, 0.25) is 17.8 Å². The van der Waals surface area contributed by atoms with Gasteiger partial charge < -0.3 is 19.3 Å². The van der Waals surface area contributed by atoms with E-state index in [4.69, 9.17) is 42.6 Å². The fourth-order valence-corrected chi connectivity index (χ4v) is 12.0. The van der Waals surface area contributed by atoms with Gasteiger partial charge in [-0.25, -0.2) is 9.97 Å². The fraction of sp³-hybridized carbons (Fsp3) is 0.510. The fourth-order valence-electron chi connectivity index (χ4n) is 11.7. The van der Waals surface area contributed by atoms with Gasteiger partial charge in [-0.15, -0.1) is 11.6 Å². The maximum atomic E-state index is 13.4.